The summed E-state index contributed by atoms with van der Waals surface area (Å²) in [6.07, 6.45) is 4.13. The Morgan fingerprint density at radius 3 is 2.50 bits per heavy atom. The summed E-state index contributed by atoms with van der Waals surface area (Å²) in [6.45, 7) is 1.72. The molecule has 2 N–H and O–H groups in total. The van der Waals surface area contributed by atoms with Crippen molar-refractivity contribution in [1.82, 2.24) is 5.32 Å². The van der Waals surface area contributed by atoms with Gasteiger partial charge in [0.15, 0.2) is 0 Å². The largest absolute Gasteiger partial charge is 0.481 e. The van der Waals surface area contributed by atoms with Crippen LogP contribution in [0.15, 0.2) is 0 Å². The van der Waals surface area contributed by atoms with E-state index in [1.807, 2.05) is 0 Å². The van der Waals surface area contributed by atoms with E-state index < -0.39 is 5.97 Å². The molecule has 4 nitrogen and oxygen atoms in total. The normalized spacial score (nSPS) is 19.2. The van der Waals surface area contributed by atoms with Gasteiger partial charge in [0.05, 0.1) is 6.42 Å². The van der Waals surface area contributed by atoms with E-state index in [0.717, 1.165) is 25.7 Å². The molecule has 0 bridgehead atoms. The third-order valence-electron chi connectivity index (χ3n) is 2.60. The number of carboxylic acid groups (broad SMARTS) is 1. The molecule has 1 atom stereocenters. The standard InChI is InChI=1S/C10H17NO3/c1-7(6-9(12)13)11-10(14)8-4-2-3-5-8/h7-8H,2-6H2,1H3,(H,11,14)(H,12,13)/t7-/m1/s1. The van der Waals surface area contributed by atoms with E-state index in [0.29, 0.717) is 0 Å². The van der Waals surface area contributed by atoms with Crippen LogP contribution in [0.1, 0.15) is 39.0 Å². The van der Waals surface area contributed by atoms with Crippen LogP contribution in [0.5, 0.6) is 0 Å². The maximum Gasteiger partial charge on any atom is 0.305 e. The van der Waals surface area contributed by atoms with Crippen LogP contribution in [0.25, 0.3) is 0 Å². The quantitative estimate of drug-likeness (QED) is 0.714. The van der Waals surface area contributed by atoms with E-state index >= 15 is 0 Å². The van der Waals surface area contributed by atoms with Crippen molar-refractivity contribution >= 4 is 11.9 Å². The number of aliphatic carboxylic acids is 1. The number of hydrogen-bond donors (Lipinski definition) is 2. The van der Waals surface area contributed by atoms with Crippen molar-refractivity contribution in [2.75, 3.05) is 0 Å². The fourth-order valence-electron chi connectivity index (χ4n) is 1.86. The molecule has 0 aromatic carbocycles. The highest BCUT2D eigenvalue weighted by Crippen LogP contribution is 2.24. The Balaban J connectivity index is 2.28. The maximum absolute atomic E-state index is 11.5. The molecule has 80 valence electrons. The topological polar surface area (TPSA) is 66.4 Å². The number of carbonyl (C=O) groups is 2. The number of amides is 1. The Bertz CT molecular complexity index is 221. The average molecular weight is 199 g/mol. The van der Waals surface area contributed by atoms with Crippen molar-refractivity contribution in [3.63, 3.8) is 0 Å². The van der Waals surface area contributed by atoms with Gasteiger partial charge in [-0.05, 0) is 19.8 Å². The highest BCUT2D eigenvalue weighted by atomic mass is 16.4. The summed E-state index contributed by atoms with van der Waals surface area (Å²) in [7, 11) is 0. The number of carboxylic acids is 1. The minimum Gasteiger partial charge on any atom is -0.481 e. The van der Waals surface area contributed by atoms with Crippen LogP contribution in [0.2, 0.25) is 0 Å². The van der Waals surface area contributed by atoms with E-state index in [1.165, 1.54) is 0 Å². The molecular weight excluding hydrogens is 182 g/mol. The molecule has 0 unspecified atom stereocenters. The van der Waals surface area contributed by atoms with Crippen LogP contribution in [0.4, 0.5) is 0 Å². The van der Waals surface area contributed by atoms with Crippen molar-refractivity contribution in [3.05, 3.63) is 0 Å². The average Bonchev–Trinajstić information content (AvgIpc) is 2.53. The van der Waals surface area contributed by atoms with Crippen LogP contribution in [-0.4, -0.2) is 23.0 Å². The van der Waals surface area contributed by atoms with Gasteiger partial charge in [0.1, 0.15) is 0 Å². The molecule has 0 aliphatic heterocycles. The molecular formula is C10H17NO3. The van der Waals surface area contributed by atoms with Crippen molar-refractivity contribution in [1.29, 1.82) is 0 Å². The van der Waals surface area contributed by atoms with Crippen molar-refractivity contribution in [2.45, 2.75) is 45.1 Å². The molecule has 1 aliphatic rings. The Kier molecular flexibility index (Phi) is 3.92. The second-order valence-corrected chi connectivity index (χ2v) is 3.99. The van der Waals surface area contributed by atoms with Gasteiger partial charge in [-0.15, -0.1) is 0 Å². The molecule has 0 heterocycles. The third-order valence-corrected chi connectivity index (χ3v) is 2.60. The van der Waals surface area contributed by atoms with Crippen LogP contribution in [0, 0.1) is 5.92 Å². The Hall–Kier alpha value is -1.06. The summed E-state index contributed by atoms with van der Waals surface area (Å²) in [6, 6.07) is -0.263. The summed E-state index contributed by atoms with van der Waals surface area (Å²) in [5.74, 6) is -0.730. The molecule has 0 aromatic heterocycles. The molecule has 1 fully saturated rings. The van der Waals surface area contributed by atoms with Gasteiger partial charge in [-0.2, -0.15) is 0 Å². The van der Waals surface area contributed by atoms with Gasteiger partial charge in [0, 0.05) is 12.0 Å². The number of carbonyl (C=O) groups excluding carboxylic acids is 1. The molecule has 0 spiro atoms. The van der Waals surface area contributed by atoms with Gasteiger partial charge in [0.25, 0.3) is 0 Å². The predicted octanol–water partition coefficient (Wildman–Crippen LogP) is 1.16. The molecule has 1 saturated carbocycles. The lowest BCUT2D eigenvalue weighted by Gasteiger charge is -2.14. The van der Waals surface area contributed by atoms with E-state index in [4.69, 9.17) is 5.11 Å². The van der Waals surface area contributed by atoms with Crippen molar-refractivity contribution in [3.8, 4) is 0 Å². The monoisotopic (exact) mass is 199 g/mol. The summed E-state index contributed by atoms with van der Waals surface area (Å²) in [5, 5.41) is 11.2. The summed E-state index contributed by atoms with van der Waals surface area (Å²) in [4.78, 5) is 21.9. The minimum atomic E-state index is -0.871. The molecule has 4 heteroatoms. The van der Waals surface area contributed by atoms with Crippen LogP contribution in [-0.2, 0) is 9.59 Å². The smallest absolute Gasteiger partial charge is 0.305 e. The van der Waals surface area contributed by atoms with Crippen LogP contribution < -0.4 is 5.32 Å². The maximum atomic E-state index is 11.5. The summed E-state index contributed by atoms with van der Waals surface area (Å²) < 4.78 is 0. The lowest BCUT2D eigenvalue weighted by Crippen LogP contribution is -2.37. The second kappa shape index (κ2) is 4.98. The molecule has 1 rings (SSSR count). The molecule has 14 heavy (non-hydrogen) atoms. The zero-order valence-corrected chi connectivity index (χ0v) is 8.45. The van der Waals surface area contributed by atoms with Gasteiger partial charge < -0.3 is 10.4 Å². The highest BCUT2D eigenvalue weighted by Gasteiger charge is 2.23. The fourth-order valence-corrected chi connectivity index (χ4v) is 1.86. The number of nitrogens with one attached hydrogen (secondary N) is 1. The zero-order chi connectivity index (χ0) is 10.6. The first-order valence-corrected chi connectivity index (χ1v) is 5.11. The molecule has 0 radical (unpaired) electrons. The van der Waals surface area contributed by atoms with Gasteiger partial charge in [-0.1, -0.05) is 12.8 Å². The van der Waals surface area contributed by atoms with E-state index in [2.05, 4.69) is 5.32 Å². The number of rotatable bonds is 4. The Labute approximate surface area is 83.7 Å². The van der Waals surface area contributed by atoms with Gasteiger partial charge in [-0.3, -0.25) is 9.59 Å². The lowest BCUT2D eigenvalue weighted by atomic mass is 10.1. The van der Waals surface area contributed by atoms with Gasteiger partial charge >= 0.3 is 5.97 Å². The van der Waals surface area contributed by atoms with Gasteiger partial charge in [0.2, 0.25) is 5.91 Å². The molecule has 1 aliphatic carbocycles. The van der Waals surface area contributed by atoms with Crippen molar-refractivity contribution in [2.24, 2.45) is 5.92 Å². The first-order chi connectivity index (χ1) is 6.59. The molecule has 1 amide bonds. The number of hydrogen-bond acceptors (Lipinski definition) is 2. The molecule has 0 saturated heterocycles. The SMILES string of the molecule is C[C@H](CC(=O)O)NC(=O)C1CCCC1. The van der Waals surface area contributed by atoms with E-state index in [9.17, 15) is 9.59 Å². The first-order valence-electron chi connectivity index (χ1n) is 5.11. The fraction of sp³-hybridized carbons (Fsp3) is 0.800. The Morgan fingerprint density at radius 2 is 2.00 bits per heavy atom. The molecule has 0 aromatic rings. The van der Waals surface area contributed by atoms with Crippen molar-refractivity contribution < 1.29 is 14.7 Å². The van der Waals surface area contributed by atoms with E-state index in [-0.39, 0.29) is 24.3 Å². The predicted molar refractivity (Wildman–Crippen MR) is 51.8 cm³/mol. The zero-order valence-electron chi connectivity index (χ0n) is 8.45. The highest BCUT2D eigenvalue weighted by molar-refractivity contribution is 5.79. The lowest BCUT2D eigenvalue weighted by molar-refractivity contribution is -0.137. The van der Waals surface area contributed by atoms with E-state index in [1.54, 1.807) is 6.92 Å². The third kappa shape index (κ3) is 3.36. The van der Waals surface area contributed by atoms with Crippen LogP contribution >= 0.6 is 0 Å². The summed E-state index contributed by atoms with van der Waals surface area (Å²) >= 11 is 0. The first kappa shape index (κ1) is 11.0. The van der Waals surface area contributed by atoms with Gasteiger partial charge in [-0.25, -0.2) is 0 Å². The summed E-state index contributed by atoms with van der Waals surface area (Å²) in [5.41, 5.74) is 0. The van der Waals surface area contributed by atoms with Crippen LogP contribution in [0.3, 0.4) is 0 Å². The Morgan fingerprint density at radius 1 is 1.43 bits per heavy atom. The second-order valence-electron chi connectivity index (χ2n) is 3.99. The minimum absolute atomic E-state index is 0.00153.